The maximum atomic E-state index is 10.4. The Morgan fingerprint density at radius 3 is 2.11 bits per heavy atom. The molecule has 3 rings (SSSR count). The van der Waals surface area contributed by atoms with Crippen LogP contribution in [0.4, 0.5) is 5.69 Å². The second kappa shape index (κ2) is 9.48. The Labute approximate surface area is 160 Å². The van der Waals surface area contributed by atoms with Gasteiger partial charge in [-0.15, -0.1) is 0 Å². The Morgan fingerprint density at radius 1 is 0.852 bits per heavy atom. The SMILES string of the molecule is COc1ccccc1OC[C@@H](O)CN1CCN(c2ccccc2OC)CC1. The van der Waals surface area contributed by atoms with Crippen LogP contribution in [-0.4, -0.2) is 69.7 Å². The summed E-state index contributed by atoms with van der Waals surface area (Å²) in [5, 5.41) is 10.4. The van der Waals surface area contributed by atoms with Gasteiger partial charge in [-0.1, -0.05) is 24.3 Å². The van der Waals surface area contributed by atoms with Crippen molar-refractivity contribution in [1.82, 2.24) is 4.90 Å². The minimum absolute atomic E-state index is 0.243. The third-order valence-electron chi connectivity index (χ3n) is 4.77. The number of anilines is 1. The van der Waals surface area contributed by atoms with Crippen molar-refractivity contribution in [2.45, 2.75) is 6.10 Å². The molecule has 0 bridgehead atoms. The van der Waals surface area contributed by atoms with E-state index in [9.17, 15) is 5.11 Å². The van der Waals surface area contributed by atoms with E-state index in [2.05, 4.69) is 15.9 Å². The molecule has 2 aromatic rings. The van der Waals surface area contributed by atoms with E-state index < -0.39 is 6.10 Å². The predicted molar refractivity (Wildman–Crippen MR) is 106 cm³/mol. The molecule has 1 fully saturated rings. The maximum absolute atomic E-state index is 10.4. The first kappa shape index (κ1) is 19.3. The van der Waals surface area contributed by atoms with Crippen LogP contribution in [0.25, 0.3) is 0 Å². The van der Waals surface area contributed by atoms with Crippen molar-refractivity contribution in [2.24, 2.45) is 0 Å². The molecule has 146 valence electrons. The van der Waals surface area contributed by atoms with Crippen molar-refractivity contribution in [1.29, 1.82) is 0 Å². The lowest BCUT2D eigenvalue weighted by molar-refractivity contribution is 0.0653. The topological polar surface area (TPSA) is 54.4 Å². The Kier molecular flexibility index (Phi) is 6.79. The van der Waals surface area contributed by atoms with Gasteiger partial charge >= 0.3 is 0 Å². The number of hydrogen-bond donors (Lipinski definition) is 1. The highest BCUT2D eigenvalue weighted by Crippen LogP contribution is 2.28. The smallest absolute Gasteiger partial charge is 0.161 e. The van der Waals surface area contributed by atoms with Gasteiger partial charge < -0.3 is 24.2 Å². The fraction of sp³-hybridized carbons (Fsp3) is 0.429. The summed E-state index contributed by atoms with van der Waals surface area (Å²) < 4.78 is 16.5. The van der Waals surface area contributed by atoms with E-state index in [0.29, 0.717) is 18.0 Å². The summed E-state index contributed by atoms with van der Waals surface area (Å²) in [4.78, 5) is 4.59. The first-order chi connectivity index (χ1) is 13.2. The number of aliphatic hydroxyl groups excluding tert-OH is 1. The zero-order valence-corrected chi connectivity index (χ0v) is 16.0. The molecular weight excluding hydrogens is 344 g/mol. The first-order valence-corrected chi connectivity index (χ1v) is 9.25. The molecule has 6 heteroatoms. The van der Waals surface area contributed by atoms with Gasteiger partial charge in [0.25, 0.3) is 0 Å². The molecule has 1 heterocycles. The van der Waals surface area contributed by atoms with Crippen LogP contribution >= 0.6 is 0 Å². The van der Waals surface area contributed by atoms with Gasteiger partial charge in [-0.25, -0.2) is 0 Å². The zero-order chi connectivity index (χ0) is 19.1. The molecule has 6 nitrogen and oxygen atoms in total. The Hall–Kier alpha value is -2.44. The van der Waals surface area contributed by atoms with Gasteiger partial charge in [0.15, 0.2) is 11.5 Å². The number of rotatable bonds is 8. The molecule has 0 radical (unpaired) electrons. The second-order valence-electron chi connectivity index (χ2n) is 6.58. The molecule has 2 aromatic carbocycles. The molecule has 0 aliphatic carbocycles. The van der Waals surface area contributed by atoms with Crippen molar-refractivity contribution in [3.05, 3.63) is 48.5 Å². The summed E-state index contributed by atoms with van der Waals surface area (Å²) in [6.45, 7) is 4.43. The van der Waals surface area contributed by atoms with Gasteiger partial charge in [0.2, 0.25) is 0 Å². The summed E-state index contributed by atoms with van der Waals surface area (Å²) >= 11 is 0. The van der Waals surface area contributed by atoms with Gasteiger partial charge in [0, 0.05) is 32.7 Å². The lowest BCUT2D eigenvalue weighted by atomic mass is 10.2. The van der Waals surface area contributed by atoms with Gasteiger partial charge in [-0.3, -0.25) is 4.90 Å². The first-order valence-electron chi connectivity index (χ1n) is 9.25. The molecule has 0 aromatic heterocycles. The minimum Gasteiger partial charge on any atom is -0.495 e. The van der Waals surface area contributed by atoms with Crippen LogP contribution in [0, 0.1) is 0 Å². The molecule has 1 aliphatic rings. The average Bonchev–Trinajstić information content (AvgIpc) is 2.73. The zero-order valence-electron chi connectivity index (χ0n) is 16.0. The van der Waals surface area contributed by atoms with Crippen LogP contribution in [-0.2, 0) is 0 Å². The van der Waals surface area contributed by atoms with Crippen LogP contribution in [0.15, 0.2) is 48.5 Å². The fourth-order valence-corrected chi connectivity index (χ4v) is 3.34. The van der Waals surface area contributed by atoms with E-state index in [-0.39, 0.29) is 6.61 Å². The monoisotopic (exact) mass is 372 g/mol. The van der Waals surface area contributed by atoms with E-state index in [0.717, 1.165) is 37.6 Å². The van der Waals surface area contributed by atoms with Crippen LogP contribution in [0.1, 0.15) is 0 Å². The molecule has 1 aliphatic heterocycles. The molecule has 1 N–H and O–H groups in total. The maximum Gasteiger partial charge on any atom is 0.161 e. The lowest BCUT2D eigenvalue weighted by Gasteiger charge is -2.37. The molecule has 1 atom stereocenters. The van der Waals surface area contributed by atoms with E-state index in [1.54, 1.807) is 14.2 Å². The molecule has 0 saturated carbocycles. The predicted octanol–water partition coefficient (Wildman–Crippen LogP) is 2.27. The second-order valence-corrected chi connectivity index (χ2v) is 6.58. The van der Waals surface area contributed by atoms with Gasteiger partial charge in [0.1, 0.15) is 18.5 Å². The number of para-hydroxylation sites is 4. The highest BCUT2D eigenvalue weighted by molar-refractivity contribution is 5.58. The summed E-state index contributed by atoms with van der Waals surface area (Å²) in [7, 11) is 3.31. The van der Waals surface area contributed by atoms with Crippen molar-refractivity contribution in [2.75, 3.05) is 58.5 Å². The molecule has 0 spiro atoms. The molecule has 1 saturated heterocycles. The highest BCUT2D eigenvalue weighted by atomic mass is 16.5. The summed E-state index contributed by atoms with van der Waals surface area (Å²) in [5.74, 6) is 2.23. The van der Waals surface area contributed by atoms with Gasteiger partial charge in [-0.2, -0.15) is 0 Å². The van der Waals surface area contributed by atoms with Crippen molar-refractivity contribution >= 4 is 5.69 Å². The number of aliphatic hydroxyl groups is 1. The number of methoxy groups -OCH3 is 2. The number of ether oxygens (including phenoxy) is 3. The largest absolute Gasteiger partial charge is 0.495 e. The number of piperazine rings is 1. The normalized spacial score (nSPS) is 16.0. The van der Waals surface area contributed by atoms with Crippen molar-refractivity contribution in [3.8, 4) is 17.2 Å². The van der Waals surface area contributed by atoms with Crippen LogP contribution in [0.3, 0.4) is 0 Å². The fourth-order valence-electron chi connectivity index (χ4n) is 3.34. The van der Waals surface area contributed by atoms with Gasteiger partial charge in [-0.05, 0) is 24.3 Å². The summed E-state index contributed by atoms with van der Waals surface area (Å²) in [6, 6.07) is 15.6. The van der Waals surface area contributed by atoms with E-state index in [1.165, 1.54) is 0 Å². The van der Waals surface area contributed by atoms with Crippen LogP contribution in [0.5, 0.6) is 17.2 Å². The average molecular weight is 372 g/mol. The number of benzene rings is 2. The molecule has 0 unspecified atom stereocenters. The van der Waals surface area contributed by atoms with Crippen LogP contribution in [0.2, 0.25) is 0 Å². The van der Waals surface area contributed by atoms with E-state index >= 15 is 0 Å². The number of nitrogens with zero attached hydrogens (tertiary/aromatic N) is 2. The summed E-state index contributed by atoms with van der Waals surface area (Å²) in [6.07, 6.45) is -0.548. The quantitative estimate of drug-likeness (QED) is 0.767. The summed E-state index contributed by atoms with van der Waals surface area (Å²) in [5.41, 5.74) is 1.12. The number of hydrogen-bond acceptors (Lipinski definition) is 6. The van der Waals surface area contributed by atoms with E-state index in [4.69, 9.17) is 14.2 Å². The molecule has 0 amide bonds. The molecule has 27 heavy (non-hydrogen) atoms. The third-order valence-corrected chi connectivity index (χ3v) is 4.77. The van der Waals surface area contributed by atoms with E-state index in [1.807, 2.05) is 42.5 Å². The van der Waals surface area contributed by atoms with Crippen molar-refractivity contribution in [3.63, 3.8) is 0 Å². The molecular formula is C21H28N2O4. The third kappa shape index (κ3) is 5.05. The minimum atomic E-state index is -0.548. The van der Waals surface area contributed by atoms with Crippen LogP contribution < -0.4 is 19.1 Å². The highest BCUT2D eigenvalue weighted by Gasteiger charge is 2.21. The lowest BCUT2D eigenvalue weighted by Crippen LogP contribution is -2.49. The van der Waals surface area contributed by atoms with Crippen molar-refractivity contribution < 1.29 is 19.3 Å². The Bertz CT molecular complexity index is 717. The Morgan fingerprint density at radius 2 is 1.44 bits per heavy atom. The Balaban J connectivity index is 1.46. The van der Waals surface area contributed by atoms with Gasteiger partial charge in [0.05, 0.1) is 19.9 Å². The standard InChI is InChI=1S/C21H28N2O4/c1-25-19-8-4-3-7-18(19)23-13-11-22(12-14-23)15-17(24)16-27-21-10-6-5-9-20(21)26-2/h3-10,17,24H,11-16H2,1-2H3/t17-/m0/s1. The number of β-amino-alcohol motifs (C(OH)–C–C–N with tert-alkyl or cyclic N) is 1.